The molecule has 0 saturated carbocycles. The molecule has 0 bridgehead atoms. The van der Waals surface area contributed by atoms with Crippen molar-refractivity contribution in [2.24, 2.45) is 4.99 Å². The van der Waals surface area contributed by atoms with Crippen LogP contribution in [-0.2, 0) is 14.3 Å². The fourth-order valence-corrected chi connectivity index (χ4v) is 0.725. The predicted octanol–water partition coefficient (Wildman–Crippen LogP) is 1.61. The van der Waals surface area contributed by atoms with Gasteiger partial charge in [-0.25, -0.2) is 9.59 Å². The molecular formula is C10H15NO3. The van der Waals surface area contributed by atoms with Gasteiger partial charge < -0.3 is 4.74 Å². The van der Waals surface area contributed by atoms with E-state index in [1.165, 1.54) is 6.08 Å². The Labute approximate surface area is 83.7 Å². The minimum Gasteiger partial charge on any atom is -0.460 e. The quantitative estimate of drug-likeness (QED) is 0.291. The average Bonchev–Trinajstić information content (AvgIpc) is 2.22. The molecule has 1 atom stereocenters. The largest absolute Gasteiger partial charge is 0.460 e. The number of rotatable bonds is 5. The lowest BCUT2D eigenvalue weighted by molar-refractivity contribution is -0.139. The van der Waals surface area contributed by atoms with E-state index in [1.54, 1.807) is 19.9 Å². The number of carbonyl (C=O) groups excluding carboxylic acids is 2. The second kappa shape index (κ2) is 7.04. The van der Waals surface area contributed by atoms with E-state index < -0.39 is 0 Å². The highest BCUT2D eigenvalue weighted by Gasteiger charge is 2.09. The van der Waals surface area contributed by atoms with Crippen molar-refractivity contribution in [2.75, 3.05) is 6.61 Å². The molecule has 0 rings (SSSR count). The smallest absolute Gasteiger partial charge is 0.333 e. The van der Waals surface area contributed by atoms with Crippen molar-refractivity contribution >= 4 is 12.0 Å². The summed E-state index contributed by atoms with van der Waals surface area (Å²) in [5.74, 6) is -0.368. The number of carbonyl (C=O) groups is 1. The summed E-state index contributed by atoms with van der Waals surface area (Å²) in [6.45, 7) is 5.43. The molecule has 0 aromatic rings. The van der Waals surface area contributed by atoms with Gasteiger partial charge in [0.2, 0.25) is 6.08 Å². The van der Waals surface area contributed by atoms with E-state index in [0.717, 1.165) is 0 Å². The molecule has 0 aliphatic rings. The summed E-state index contributed by atoms with van der Waals surface area (Å²) in [5, 5.41) is 0. The number of aliphatic imine (C=N–C) groups is 1. The number of hydrogen-bond acceptors (Lipinski definition) is 4. The SMILES string of the molecule is C/C=C(\C)C(=O)OCC(CC)N=C=O. The third-order valence-electron chi connectivity index (χ3n) is 1.87. The molecule has 14 heavy (non-hydrogen) atoms. The molecule has 0 aliphatic carbocycles. The second-order valence-corrected chi connectivity index (χ2v) is 2.85. The molecule has 4 nitrogen and oxygen atoms in total. The van der Waals surface area contributed by atoms with Gasteiger partial charge in [0.1, 0.15) is 6.61 Å². The van der Waals surface area contributed by atoms with Crippen LogP contribution < -0.4 is 0 Å². The van der Waals surface area contributed by atoms with E-state index in [-0.39, 0.29) is 18.6 Å². The molecule has 0 radical (unpaired) electrons. The van der Waals surface area contributed by atoms with Crippen LogP contribution in [0.4, 0.5) is 0 Å². The van der Waals surface area contributed by atoms with Crippen molar-refractivity contribution in [1.29, 1.82) is 0 Å². The summed E-state index contributed by atoms with van der Waals surface area (Å²) in [5.41, 5.74) is 0.551. The van der Waals surface area contributed by atoms with Crippen LogP contribution in [-0.4, -0.2) is 24.7 Å². The maximum absolute atomic E-state index is 11.2. The van der Waals surface area contributed by atoms with E-state index in [9.17, 15) is 9.59 Å². The van der Waals surface area contributed by atoms with Crippen molar-refractivity contribution in [3.63, 3.8) is 0 Å². The molecule has 0 aromatic heterocycles. The van der Waals surface area contributed by atoms with Crippen LogP contribution in [0.1, 0.15) is 27.2 Å². The van der Waals surface area contributed by atoms with Crippen molar-refractivity contribution in [1.82, 2.24) is 0 Å². The van der Waals surface area contributed by atoms with Gasteiger partial charge in [-0.1, -0.05) is 13.0 Å². The standard InChI is InChI=1S/C10H15NO3/c1-4-8(3)10(13)14-6-9(5-2)11-7-12/h4,9H,5-6H2,1-3H3/b8-4+. The van der Waals surface area contributed by atoms with Crippen molar-refractivity contribution in [3.05, 3.63) is 11.6 Å². The van der Waals surface area contributed by atoms with Crippen molar-refractivity contribution in [3.8, 4) is 0 Å². The van der Waals surface area contributed by atoms with Gasteiger partial charge >= 0.3 is 5.97 Å². The topological polar surface area (TPSA) is 55.7 Å². The summed E-state index contributed by atoms with van der Waals surface area (Å²) in [4.78, 5) is 24.6. The average molecular weight is 197 g/mol. The van der Waals surface area contributed by atoms with E-state index >= 15 is 0 Å². The first kappa shape index (κ1) is 12.6. The lowest BCUT2D eigenvalue weighted by Crippen LogP contribution is -2.16. The number of hydrogen-bond donors (Lipinski definition) is 0. The molecule has 0 aromatic carbocycles. The third-order valence-corrected chi connectivity index (χ3v) is 1.87. The fraction of sp³-hybridized carbons (Fsp3) is 0.600. The molecule has 4 heteroatoms. The minimum absolute atomic E-state index is 0.135. The van der Waals surface area contributed by atoms with Crippen LogP contribution in [0.2, 0.25) is 0 Å². The zero-order valence-corrected chi connectivity index (χ0v) is 8.74. The summed E-state index contributed by atoms with van der Waals surface area (Å²) < 4.78 is 4.92. The summed E-state index contributed by atoms with van der Waals surface area (Å²) in [6.07, 6.45) is 3.78. The van der Waals surface area contributed by atoms with E-state index in [2.05, 4.69) is 4.99 Å². The first-order valence-corrected chi connectivity index (χ1v) is 4.52. The Balaban J connectivity index is 4.03. The maximum atomic E-state index is 11.2. The fourth-order valence-electron chi connectivity index (χ4n) is 0.725. The van der Waals surface area contributed by atoms with Gasteiger partial charge in [-0.2, -0.15) is 4.99 Å². The molecule has 0 saturated heterocycles. The summed E-state index contributed by atoms with van der Waals surface area (Å²) in [7, 11) is 0. The molecule has 0 amide bonds. The van der Waals surface area contributed by atoms with Crippen molar-refractivity contribution in [2.45, 2.75) is 33.2 Å². The number of isocyanates is 1. The van der Waals surface area contributed by atoms with Gasteiger partial charge in [-0.05, 0) is 20.3 Å². The molecule has 78 valence electrons. The Morgan fingerprint density at radius 1 is 1.64 bits per heavy atom. The van der Waals surface area contributed by atoms with Gasteiger partial charge in [0.25, 0.3) is 0 Å². The lowest BCUT2D eigenvalue weighted by atomic mass is 10.2. The van der Waals surface area contributed by atoms with E-state index in [1.807, 2.05) is 6.92 Å². The molecule has 0 fully saturated rings. The number of ether oxygens (including phenoxy) is 1. The normalized spacial score (nSPS) is 12.9. The lowest BCUT2D eigenvalue weighted by Gasteiger charge is -2.08. The van der Waals surface area contributed by atoms with E-state index in [0.29, 0.717) is 12.0 Å². The van der Waals surface area contributed by atoms with Crippen LogP contribution in [0.15, 0.2) is 16.6 Å². The molecule has 0 heterocycles. The second-order valence-electron chi connectivity index (χ2n) is 2.85. The number of nitrogens with zero attached hydrogens (tertiary/aromatic N) is 1. The first-order valence-electron chi connectivity index (χ1n) is 4.52. The monoisotopic (exact) mass is 197 g/mol. The first-order chi connectivity index (χ1) is 6.65. The van der Waals surface area contributed by atoms with Crippen LogP contribution in [0, 0.1) is 0 Å². The number of allylic oxidation sites excluding steroid dienone is 1. The van der Waals surface area contributed by atoms with Gasteiger partial charge in [-0.3, -0.25) is 0 Å². The third kappa shape index (κ3) is 4.58. The molecule has 1 unspecified atom stereocenters. The van der Waals surface area contributed by atoms with Gasteiger partial charge in [-0.15, -0.1) is 0 Å². The molecule has 0 spiro atoms. The van der Waals surface area contributed by atoms with Gasteiger partial charge in [0, 0.05) is 5.57 Å². The minimum atomic E-state index is -0.368. The zero-order valence-electron chi connectivity index (χ0n) is 8.74. The van der Waals surface area contributed by atoms with E-state index in [4.69, 9.17) is 4.74 Å². The number of esters is 1. The predicted molar refractivity (Wildman–Crippen MR) is 52.6 cm³/mol. The zero-order chi connectivity index (χ0) is 11.0. The molecule has 0 aliphatic heterocycles. The highest BCUT2D eigenvalue weighted by molar-refractivity contribution is 5.87. The van der Waals surface area contributed by atoms with Crippen LogP contribution in [0.25, 0.3) is 0 Å². The van der Waals surface area contributed by atoms with Crippen LogP contribution in [0.3, 0.4) is 0 Å². The van der Waals surface area contributed by atoms with Crippen LogP contribution in [0.5, 0.6) is 0 Å². The van der Waals surface area contributed by atoms with Crippen molar-refractivity contribution < 1.29 is 14.3 Å². The summed E-state index contributed by atoms with van der Waals surface area (Å²) in [6, 6.07) is -0.277. The summed E-state index contributed by atoms with van der Waals surface area (Å²) >= 11 is 0. The molecular weight excluding hydrogens is 182 g/mol. The Kier molecular flexibility index (Phi) is 6.33. The maximum Gasteiger partial charge on any atom is 0.333 e. The van der Waals surface area contributed by atoms with Crippen LogP contribution >= 0.6 is 0 Å². The van der Waals surface area contributed by atoms with Gasteiger partial charge in [0.15, 0.2) is 0 Å². The Hall–Kier alpha value is -1.41. The highest BCUT2D eigenvalue weighted by Crippen LogP contribution is 2.01. The Morgan fingerprint density at radius 2 is 2.29 bits per heavy atom. The van der Waals surface area contributed by atoms with Gasteiger partial charge in [0.05, 0.1) is 6.04 Å². The Morgan fingerprint density at radius 3 is 2.71 bits per heavy atom. The molecule has 0 N–H and O–H groups in total. The Bertz CT molecular complexity index is 265. The highest BCUT2D eigenvalue weighted by atomic mass is 16.5.